The number of fused-ring (bicyclic) bond motifs is 1. The third-order valence-electron chi connectivity index (χ3n) is 4.76. The predicted octanol–water partition coefficient (Wildman–Crippen LogP) is 2.30. The monoisotopic (exact) mass is 319 g/mol. The van der Waals surface area contributed by atoms with Gasteiger partial charge in [0.05, 0.1) is 12.7 Å². The maximum absolute atomic E-state index is 12.4. The summed E-state index contributed by atoms with van der Waals surface area (Å²) in [6.07, 6.45) is 3.87. The van der Waals surface area contributed by atoms with Crippen LogP contribution in [0.3, 0.4) is 0 Å². The first-order valence-corrected chi connectivity index (χ1v) is 8.13. The van der Waals surface area contributed by atoms with Gasteiger partial charge in [-0.15, -0.1) is 0 Å². The molecule has 1 N–H and O–H groups in total. The third-order valence-corrected chi connectivity index (χ3v) is 5.11. The number of hydrogen-bond donors (Lipinski definition) is 1. The number of rotatable bonds is 2. The first-order chi connectivity index (χ1) is 10.6. The van der Waals surface area contributed by atoms with Crippen molar-refractivity contribution in [2.75, 3.05) is 13.2 Å². The fourth-order valence-corrected chi connectivity index (χ4v) is 3.68. The van der Waals surface area contributed by atoms with Crippen LogP contribution in [0.5, 0.6) is 0 Å². The molecule has 5 nitrogen and oxygen atoms in total. The highest BCUT2D eigenvalue weighted by Crippen LogP contribution is 2.35. The highest BCUT2D eigenvalue weighted by atomic mass is 35.5. The van der Waals surface area contributed by atoms with Gasteiger partial charge in [-0.2, -0.15) is 0 Å². The van der Waals surface area contributed by atoms with Gasteiger partial charge in [0.15, 0.2) is 0 Å². The van der Waals surface area contributed by atoms with Gasteiger partial charge in [0.2, 0.25) is 5.91 Å². The summed E-state index contributed by atoms with van der Waals surface area (Å²) < 4.78 is 0. The first kappa shape index (κ1) is 13.9. The number of amides is 3. The minimum Gasteiger partial charge on any atom is -0.331 e. The van der Waals surface area contributed by atoms with Gasteiger partial charge < -0.3 is 10.2 Å². The van der Waals surface area contributed by atoms with Gasteiger partial charge >= 0.3 is 6.03 Å². The van der Waals surface area contributed by atoms with Crippen LogP contribution in [0, 0.1) is 0 Å². The molecule has 0 aromatic heterocycles. The number of nitrogens with zero attached hydrogens (tertiary/aromatic N) is 2. The van der Waals surface area contributed by atoms with E-state index in [1.807, 2.05) is 23.1 Å². The lowest BCUT2D eigenvalue weighted by Gasteiger charge is -2.21. The second kappa shape index (κ2) is 5.16. The Morgan fingerprint density at radius 1 is 1.27 bits per heavy atom. The summed E-state index contributed by atoms with van der Waals surface area (Å²) in [5, 5.41) is 3.82. The second-order valence-corrected chi connectivity index (χ2v) is 6.69. The fraction of sp³-hybridized carbons (Fsp3) is 0.500. The SMILES string of the molecule is O=C(NC1CCc2c(Cl)cccc21)N1CC(=O)N(C2CC2)C1. The highest BCUT2D eigenvalue weighted by molar-refractivity contribution is 6.31. The number of halogens is 1. The molecule has 1 unspecified atom stereocenters. The predicted molar refractivity (Wildman–Crippen MR) is 82.5 cm³/mol. The van der Waals surface area contributed by atoms with Gasteiger partial charge in [-0.3, -0.25) is 9.69 Å². The Balaban J connectivity index is 1.44. The van der Waals surface area contributed by atoms with E-state index >= 15 is 0 Å². The maximum Gasteiger partial charge on any atom is 0.319 e. The van der Waals surface area contributed by atoms with Gasteiger partial charge in [-0.05, 0) is 42.9 Å². The Morgan fingerprint density at radius 2 is 2.09 bits per heavy atom. The quantitative estimate of drug-likeness (QED) is 0.909. The van der Waals surface area contributed by atoms with Crippen LogP contribution in [0.4, 0.5) is 4.79 Å². The number of carbonyl (C=O) groups is 2. The molecule has 116 valence electrons. The molecular weight excluding hydrogens is 302 g/mol. The van der Waals surface area contributed by atoms with Crippen molar-refractivity contribution in [2.45, 2.75) is 37.8 Å². The molecule has 1 heterocycles. The zero-order chi connectivity index (χ0) is 15.3. The van der Waals surface area contributed by atoms with E-state index in [-0.39, 0.29) is 24.5 Å². The normalized spacial score (nSPS) is 23.9. The third kappa shape index (κ3) is 2.33. The van der Waals surface area contributed by atoms with E-state index in [1.165, 1.54) is 0 Å². The molecule has 0 radical (unpaired) electrons. The smallest absolute Gasteiger partial charge is 0.319 e. The van der Waals surface area contributed by atoms with Gasteiger partial charge in [0, 0.05) is 11.1 Å². The summed E-state index contributed by atoms with van der Waals surface area (Å²) in [7, 11) is 0. The summed E-state index contributed by atoms with van der Waals surface area (Å²) in [6.45, 7) is 0.613. The van der Waals surface area contributed by atoms with E-state index < -0.39 is 0 Å². The summed E-state index contributed by atoms with van der Waals surface area (Å²) >= 11 is 6.20. The van der Waals surface area contributed by atoms with Crippen molar-refractivity contribution in [3.05, 3.63) is 34.3 Å². The Morgan fingerprint density at radius 3 is 2.86 bits per heavy atom. The Hall–Kier alpha value is -1.75. The lowest BCUT2D eigenvalue weighted by atomic mass is 10.1. The van der Waals surface area contributed by atoms with E-state index in [0.717, 1.165) is 41.8 Å². The average Bonchev–Trinajstić information content (AvgIpc) is 3.14. The van der Waals surface area contributed by atoms with Crippen molar-refractivity contribution in [1.82, 2.24) is 15.1 Å². The van der Waals surface area contributed by atoms with Crippen LogP contribution in [-0.4, -0.2) is 41.0 Å². The minimum absolute atomic E-state index is 0.00808. The fourth-order valence-electron chi connectivity index (χ4n) is 3.41. The van der Waals surface area contributed by atoms with Crippen molar-refractivity contribution < 1.29 is 9.59 Å². The molecular formula is C16H18ClN3O2. The van der Waals surface area contributed by atoms with Crippen LogP contribution >= 0.6 is 11.6 Å². The molecule has 1 aromatic carbocycles. The van der Waals surface area contributed by atoms with Crippen LogP contribution in [0.15, 0.2) is 18.2 Å². The summed E-state index contributed by atoms with van der Waals surface area (Å²) in [5.41, 5.74) is 2.23. The zero-order valence-corrected chi connectivity index (χ0v) is 13.0. The van der Waals surface area contributed by atoms with Crippen LogP contribution in [0.1, 0.15) is 36.4 Å². The summed E-state index contributed by atoms with van der Waals surface area (Å²) in [4.78, 5) is 27.8. The molecule has 4 rings (SSSR count). The Labute approximate surface area is 134 Å². The summed E-state index contributed by atoms with van der Waals surface area (Å²) in [6, 6.07) is 6.01. The van der Waals surface area contributed by atoms with E-state index in [4.69, 9.17) is 11.6 Å². The molecule has 2 aliphatic carbocycles. The second-order valence-electron chi connectivity index (χ2n) is 6.28. The van der Waals surface area contributed by atoms with Crippen molar-refractivity contribution in [3.8, 4) is 0 Å². The minimum atomic E-state index is -0.158. The van der Waals surface area contributed by atoms with Crippen LogP contribution in [0.25, 0.3) is 0 Å². The molecule has 1 atom stereocenters. The largest absolute Gasteiger partial charge is 0.331 e. The molecule has 2 fully saturated rings. The zero-order valence-electron chi connectivity index (χ0n) is 12.2. The van der Waals surface area contributed by atoms with E-state index in [2.05, 4.69) is 5.32 Å². The van der Waals surface area contributed by atoms with Gasteiger partial charge in [-0.25, -0.2) is 4.79 Å². The lowest BCUT2D eigenvalue weighted by molar-refractivity contribution is -0.127. The molecule has 0 bridgehead atoms. The van der Waals surface area contributed by atoms with E-state index in [9.17, 15) is 9.59 Å². The molecule has 6 heteroatoms. The van der Waals surface area contributed by atoms with Gasteiger partial charge in [0.1, 0.15) is 6.54 Å². The van der Waals surface area contributed by atoms with Gasteiger partial charge in [0.25, 0.3) is 0 Å². The van der Waals surface area contributed by atoms with Gasteiger partial charge in [-0.1, -0.05) is 23.7 Å². The van der Waals surface area contributed by atoms with Crippen LogP contribution < -0.4 is 5.32 Å². The topological polar surface area (TPSA) is 52.7 Å². The first-order valence-electron chi connectivity index (χ1n) is 7.75. The molecule has 1 saturated carbocycles. The lowest BCUT2D eigenvalue weighted by Crippen LogP contribution is -2.41. The molecule has 3 aliphatic rings. The van der Waals surface area contributed by atoms with Crippen molar-refractivity contribution in [3.63, 3.8) is 0 Å². The molecule has 1 aromatic rings. The maximum atomic E-state index is 12.4. The molecule has 1 saturated heterocycles. The number of carbonyl (C=O) groups excluding carboxylic acids is 2. The van der Waals surface area contributed by atoms with Crippen molar-refractivity contribution >= 4 is 23.5 Å². The number of benzene rings is 1. The average molecular weight is 320 g/mol. The number of hydrogen-bond acceptors (Lipinski definition) is 2. The standard InChI is InChI=1S/C16H18ClN3O2/c17-13-3-1-2-12-11(13)6-7-14(12)18-16(22)19-8-15(21)20(9-19)10-4-5-10/h1-3,10,14H,4-9H2,(H,18,22). The van der Waals surface area contributed by atoms with Crippen LogP contribution in [0.2, 0.25) is 5.02 Å². The number of urea groups is 1. The van der Waals surface area contributed by atoms with E-state index in [1.54, 1.807) is 4.90 Å². The molecule has 3 amide bonds. The highest BCUT2D eigenvalue weighted by Gasteiger charge is 2.40. The number of nitrogens with one attached hydrogen (secondary N) is 1. The molecule has 1 aliphatic heterocycles. The summed E-state index contributed by atoms with van der Waals surface area (Å²) in [5.74, 6) is 0.0625. The molecule has 0 spiro atoms. The Kier molecular flexibility index (Phi) is 3.26. The Bertz CT molecular complexity index is 644. The van der Waals surface area contributed by atoms with E-state index in [0.29, 0.717) is 12.7 Å². The van der Waals surface area contributed by atoms with Crippen molar-refractivity contribution in [1.29, 1.82) is 0 Å². The van der Waals surface area contributed by atoms with Crippen molar-refractivity contribution in [2.24, 2.45) is 0 Å². The molecule has 22 heavy (non-hydrogen) atoms. The van der Waals surface area contributed by atoms with Crippen LogP contribution in [-0.2, 0) is 11.2 Å².